The summed E-state index contributed by atoms with van der Waals surface area (Å²) in [5.41, 5.74) is 1.65. The van der Waals surface area contributed by atoms with Crippen molar-refractivity contribution < 1.29 is 0 Å². The monoisotopic (exact) mass is 307 g/mol. The molecule has 0 aliphatic rings. The predicted octanol–water partition coefficient (Wildman–Crippen LogP) is 5.63. The Morgan fingerprint density at radius 2 is 1.67 bits per heavy atom. The largest absolute Gasteiger partial charge is 0.313 e. The molecule has 0 aromatic heterocycles. The molecule has 0 amide bonds. The fourth-order valence-electron chi connectivity index (χ4n) is 2.65. The van der Waals surface area contributed by atoms with Crippen LogP contribution in [0.1, 0.15) is 66.4 Å². The third kappa shape index (κ3) is 6.04. The van der Waals surface area contributed by atoms with Crippen molar-refractivity contribution in [3.63, 3.8) is 0 Å². The lowest BCUT2D eigenvalue weighted by Gasteiger charge is -2.27. The van der Waals surface area contributed by atoms with Gasteiger partial charge in [-0.3, -0.25) is 0 Å². The van der Waals surface area contributed by atoms with Crippen molar-refractivity contribution in [2.24, 2.45) is 0 Å². The Hall–Kier alpha value is -0.470. The Kier molecular flexibility index (Phi) is 7.83. The minimum atomic E-state index is 0.238. The molecular weight excluding hydrogens is 274 g/mol. The van der Waals surface area contributed by atoms with Gasteiger partial charge < -0.3 is 5.32 Å². The first-order valence-corrected chi connectivity index (χ1v) is 9.30. The van der Waals surface area contributed by atoms with Gasteiger partial charge in [0.1, 0.15) is 0 Å². The van der Waals surface area contributed by atoms with Gasteiger partial charge in [0, 0.05) is 16.2 Å². The zero-order chi connectivity index (χ0) is 15.9. The first kappa shape index (κ1) is 18.6. The van der Waals surface area contributed by atoms with E-state index in [-0.39, 0.29) is 5.41 Å². The van der Waals surface area contributed by atoms with Crippen LogP contribution >= 0.6 is 11.8 Å². The number of benzene rings is 1. The van der Waals surface area contributed by atoms with Crippen molar-refractivity contribution in [1.29, 1.82) is 0 Å². The Labute approximate surface area is 136 Å². The van der Waals surface area contributed by atoms with Gasteiger partial charge in [-0.1, -0.05) is 60.1 Å². The van der Waals surface area contributed by atoms with E-state index < -0.39 is 0 Å². The summed E-state index contributed by atoms with van der Waals surface area (Å²) in [5.74, 6) is 0. The van der Waals surface area contributed by atoms with Gasteiger partial charge in [-0.15, -0.1) is 11.8 Å². The second kappa shape index (κ2) is 8.85. The van der Waals surface area contributed by atoms with Gasteiger partial charge in [0.2, 0.25) is 0 Å². The Morgan fingerprint density at radius 3 is 2.10 bits per heavy atom. The predicted molar refractivity (Wildman–Crippen MR) is 97.5 cm³/mol. The smallest absolute Gasteiger partial charge is 0.0245 e. The van der Waals surface area contributed by atoms with E-state index in [0.717, 1.165) is 6.54 Å². The highest BCUT2D eigenvalue weighted by molar-refractivity contribution is 8.00. The van der Waals surface area contributed by atoms with E-state index in [1.807, 2.05) is 11.8 Å². The quantitative estimate of drug-likeness (QED) is 0.624. The summed E-state index contributed by atoms with van der Waals surface area (Å²) in [7, 11) is 0. The summed E-state index contributed by atoms with van der Waals surface area (Å²) in [6.07, 6.45) is 3.72. The highest BCUT2D eigenvalue weighted by Crippen LogP contribution is 2.31. The topological polar surface area (TPSA) is 12.0 Å². The van der Waals surface area contributed by atoms with Crippen LogP contribution in [0.4, 0.5) is 0 Å². The minimum absolute atomic E-state index is 0.238. The van der Waals surface area contributed by atoms with E-state index >= 15 is 0 Å². The molecule has 1 nitrogen and oxygen atoms in total. The molecule has 1 aromatic rings. The van der Waals surface area contributed by atoms with E-state index in [1.165, 1.54) is 29.7 Å². The summed E-state index contributed by atoms with van der Waals surface area (Å²) in [6, 6.07) is 9.79. The third-order valence-corrected chi connectivity index (χ3v) is 5.43. The third-order valence-electron chi connectivity index (χ3n) is 3.92. The molecule has 0 aliphatic heterocycles. The van der Waals surface area contributed by atoms with Crippen molar-refractivity contribution in [2.45, 2.75) is 82.4 Å². The fourth-order valence-corrected chi connectivity index (χ4v) is 3.86. The molecule has 2 heteroatoms. The molecule has 1 aromatic carbocycles. The normalized spacial score (nSPS) is 15.0. The van der Waals surface area contributed by atoms with Crippen molar-refractivity contribution in [3.05, 3.63) is 29.8 Å². The lowest BCUT2D eigenvalue weighted by atomic mass is 9.87. The molecule has 2 unspecified atom stereocenters. The second-order valence-corrected chi connectivity index (χ2v) is 8.10. The average Bonchev–Trinajstić information content (AvgIpc) is 2.44. The first-order chi connectivity index (χ1) is 9.92. The van der Waals surface area contributed by atoms with Gasteiger partial charge >= 0.3 is 0 Å². The number of thioether (sulfide) groups is 1. The molecular formula is C19H33NS. The van der Waals surface area contributed by atoms with Crippen LogP contribution < -0.4 is 5.32 Å². The highest BCUT2D eigenvalue weighted by Gasteiger charge is 2.20. The molecule has 0 spiro atoms. The summed E-state index contributed by atoms with van der Waals surface area (Å²) < 4.78 is 0. The standard InChI is InChI=1S/C19H33NS/c1-7-10-17(20-9-3)18(8-2)21-16-13-11-15(12-14-16)19(4,5)6/h11-14,17-18,20H,7-10H2,1-6H3. The Bertz CT molecular complexity index is 385. The molecule has 0 saturated heterocycles. The molecule has 21 heavy (non-hydrogen) atoms. The maximum atomic E-state index is 3.67. The van der Waals surface area contributed by atoms with Gasteiger partial charge in [-0.05, 0) is 42.5 Å². The average molecular weight is 308 g/mol. The van der Waals surface area contributed by atoms with E-state index in [0.29, 0.717) is 11.3 Å². The van der Waals surface area contributed by atoms with Crippen molar-refractivity contribution in [1.82, 2.24) is 5.32 Å². The first-order valence-electron chi connectivity index (χ1n) is 8.42. The number of rotatable bonds is 8. The lowest BCUT2D eigenvalue weighted by Crippen LogP contribution is -2.37. The van der Waals surface area contributed by atoms with Crippen LogP contribution in [0.3, 0.4) is 0 Å². The van der Waals surface area contributed by atoms with E-state index in [9.17, 15) is 0 Å². The zero-order valence-corrected chi connectivity index (χ0v) is 15.5. The van der Waals surface area contributed by atoms with Crippen molar-refractivity contribution in [3.8, 4) is 0 Å². The summed E-state index contributed by atoms with van der Waals surface area (Å²) >= 11 is 2.03. The molecule has 0 fully saturated rings. The fraction of sp³-hybridized carbons (Fsp3) is 0.684. The van der Waals surface area contributed by atoms with E-state index in [1.54, 1.807) is 0 Å². The van der Waals surface area contributed by atoms with Crippen LogP contribution in [0.15, 0.2) is 29.2 Å². The lowest BCUT2D eigenvalue weighted by molar-refractivity contribution is 0.465. The molecule has 0 heterocycles. The van der Waals surface area contributed by atoms with Gasteiger partial charge in [-0.25, -0.2) is 0 Å². The maximum Gasteiger partial charge on any atom is 0.0245 e. The van der Waals surface area contributed by atoms with Crippen molar-refractivity contribution >= 4 is 11.8 Å². The highest BCUT2D eigenvalue weighted by atomic mass is 32.2. The molecule has 1 rings (SSSR count). The van der Waals surface area contributed by atoms with Crippen LogP contribution in [-0.4, -0.2) is 17.8 Å². The summed E-state index contributed by atoms with van der Waals surface area (Å²) in [4.78, 5) is 1.40. The second-order valence-electron chi connectivity index (χ2n) is 6.79. The van der Waals surface area contributed by atoms with Gasteiger partial charge in [0.05, 0.1) is 0 Å². The zero-order valence-electron chi connectivity index (χ0n) is 14.7. The SMILES string of the molecule is CCCC(NCC)C(CC)Sc1ccc(C(C)(C)C)cc1. The number of hydrogen-bond donors (Lipinski definition) is 1. The maximum absolute atomic E-state index is 3.67. The Balaban J connectivity index is 2.76. The molecule has 1 N–H and O–H groups in total. The van der Waals surface area contributed by atoms with E-state index in [4.69, 9.17) is 0 Å². The number of hydrogen-bond acceptors (Lipinski definition) is 2. The van der Waals surface area contributed by atoms with Crippen LogP contribution in [0.5, 0.6) is 0 Å². The summed E-state index contributed by atoms with van der Waals surface area (Å²) in [6.45, 7) is 14.7. The Morgan fingerprint density at radius 1 is 1.05 bits per heavy atom. The molecule has 0 radical (unpaired) electrons. The van der Waals surface area contributed by atoms with Crippen LogP contribution in [0, 0.1) is 0 Å². The minimum Gasteiger partial charge on any atom is -0.313 e. The molecule has 0 saturated carbocycles. The molecule has 2 atom stereocenters. The van der Waals surface area contributed by atoms with E-state index in [2.05, 4.69) is 71.1 Å². The van der Waals surface area contributed by atoms with Crippen molar-refractivity contribution in [2.75, 3.05) is 6.54 Å². The molecule has 120 valence electrons. The van der Waals surface area contributed by atoms with Gasteiger partial charge in [0.25, 0.3) is 0 Å². The van der Waals surface area contributed by atoms with Crippen LogP contribution in [-0.2, 0) is 5.41 Å². The van der Waals surface area contributed by atoms with Crippen LogP contribution in [0.25, 0.3) is 0 Å². The summed E-state index contributed by atoms with van der Waals surface area (Å²) in [5, 5.41) is 4.33. The van der Waals surface area contributed by atoms with Gasteiger partial charge in [-0.2, -0.15) is 0 Å². The van der Waals surface area contributed by atoms with Gasteiger partial charge in [0.15, 0.2) is 0 Å². The molecule has 0 aliphatic carbocycles. The van der Waals surface area contributed by atoms with Crippen LogP contribution in [0.2, 0.25) is 0 Å². The number of nitrogens with one attached hydrogen (secondary N) is 1. The molecule has 0 bridgehead atoms.